The van der Waals surface area contributed by atoms with E-state index < -0.39 is 0 Å². The van der Waals surface area contributed by atoms with Gasteiger partial charge in [0.25, 0.3) is 0 Å². The lowest BCUT2D eigenvalue weighted by Crippen LogP contribution is -2.48. The Hall–Kier alpha value is -0.0800. The van der Waals surface area contributed by atoms with E-state index in [4.69, 9.17) is 5.73 Å². The predicted molar refractivity (Wildman–Crippen MR) is 106 cm³/mol. The van der Waals surface area contributed by atoms with Crippen LogP contribution in [0.2, 0.25) is 0 Å². The first-order valence-electron chi connectivity index (χ1n) is 10.7. The molecule has 0 aliphatic carbocycles. The van der Waals surface area contributed by atoms with Crippen LogP contribution in [-0.4, -0.2) is 30.1 Å². The molecule has 2 atom stereocenters. The SMILES string of the molecule is CCCCCCCCCN(CC)C(CCCCCC)C(N)CC. The number of likely N-dealkylation sites (N-methyl/N-ethyl adjacent to an activating group) is 1. The molecule has 23 heavy (non-hydrogen) atoms. The molecule has 0 aromatic rings. The number of hydrogen-bond acceptors (Lipinski definition) is 2. The Labute approximate surface area is 147 Å². The number of unbranched alkanes of at least 4 members (excludes halogenated alkanes) is 9. The Balaban J connectivity index is 4.08. The van der Waals surface area contributed by atoms with Crippen LogP contribution >= 0.6 is 0 Å². The molecule has 0 heterocycles. The van der Waals surface area contributed by atoms with E-state index >= 15 is 0 Å². The summed E-state index contributed by atoms with van der Waals surface area (Å²) in [6.45, 7) is 11.5. The first kappa shape index (κ1) is 22.9. The van der Waals surface area contributed by atoms with E-state index in [9.17, 15) is 0 Å². The minimum atomic E-state index is 0.348. The van der Waals surface area contributed by atoms with Crippen molar-refractivity contribution >= 4 is 0 Å². The third kappa shape index (κ3) is 12.0. The van der Waals surface area contributed by atoms with Crippen LogP contribution in [0, 0.1) is 0 Å². The van der Waals surface area contributed by atoms with Gasteiger partial charge in [0.2, 0.25) is 0 Å². The normalized spacial score (nSPS) is 14.3. The van der Waals surface area contributed by atoms with Crippen molar-refractivity contribution in [3.8, 4) is 0 Å². The summed E-state index contributed by atoms with van der Waals surface area (Å²) in [4.78, 5) is 2.67. The fraction of sp³-hybridized carbons (Fsp3) is 1.00. The van der Waals surface area contributed by atoms with Crippen molar-refractivity contribution in [2.24, 2.45) is 5.73 Å². The van der Waals surface area contributed by atoms with Gasteiger partial charge in [-0.15, -0.1) is 0 Å². The van der Waals surface area contributed by atoms with Gasteiger partial charge in [0, 0.05) is 12.1 Å². The summed E-state index contributed by atoms with van der Waals surface area (Å²) in [5.41, 5.74) is 6.45. The average molecular weight is 327 g/mol. The Bertz CT molecular complexity index is 230. The van der Waals surface area contributed by atoms with Gasteiger partial charge in [0.05, 0.1) is 0 Å². The largest absolute Gasteiger partial charge is 0.326 e. The van der Waals surface area contributed by atoms with Crippen molar-refractivity contribution in [2.75, 3.05) is 13.1 Å². The van der Waals surface area contributed by atoms with E-state index in [2.05, 4.69) is 32.6 Å². The molecule has 0 fully saturated rings. The number of nitrogens with two attached hydrogens (primary N) is 1. The van der Waals surface area contributed by atoms with Gasteiger partial charge >= 0.3 is 0 Å². The van der Waals surface area contributed by atoms with Crippen LogP contribution in [0.15, 0.2) is 0 Å². The van der Waals surface area contributed by atoms with E-state index in [1.54, 1.807) is 0 Å². The molecule has 0 bridgehead atoms. The third-order valence-electron chi connectivity index (χ3n) is 5.24. The van der Waals surface area contributed by atoms with Crippen molar-refractivity contribution in [3.63, 3.8) is 0 Å². The number of rotatable bonds is 17. The standard InChI is InChI=1S/C21H46N2/c1-5-9-11-13-14-15-17-19-23(8-4)21(20(22)7-3)18-16-12-10-6-2/h20-21H,5-19,22H2,1-4H3. The fourth-order valence-electron chi connectivity index (χ4n) is 3.55. The number of hydrogen-bond donors (Lipinski definition) is 1. The minimum Gasteiger partial charge on any atom is -0.326 e. The van der Waals surface area contributed by atoms with Crippen LogP contribution in [0.25, 0.3) is 0 Å². The summed E-state index contributed by atoms with van der Waals surface area (Å²) in [5.74, 6) is 0. The predicted octanol–water partition coefficient (Wildman–Crippen LogP) is 6.14. The summed E-state index contributed by atoms with van der Waals surface area (Å²) < 4.78 is 0. The van der Waals surface area contributed by atoms with Crippen molar-refractivity contribution < 1.29 is 0 Å². The van der Waals surface area contributed by atoms with E-state index in [0.29, 0.717) is 12.1 Å². The Morgan fingerprint density at radius 2 is 1.22 bits per heavy atom. The van der Waals surface area contributed by atoms with Gasteiger partial charge < -0.3 is 5.73 Å². The number of nitrogens with zero attached hydrogens (tertiary/aromatic N) is 1. The van der Waals surface area contributed by atoms with Gasteiger partial charge in [-0.1, -0.05) is 91.9 Å². The summed E-state index contributed by atoms with van der Waals surface area (Å²) in [6.07, 6.45) is 17.6. The van der Waals surface area contributed by atoms with Gasteiger partial charge in [-0.25, -0.2) is 0 Å². The zero-order valence-corrected chi connectivity index (χ0v) is 16.8. The maximum Gasteiger partial charge on any atom is 0.0246 e. The first-order valence-corrected chi connectivity index (χ1v) is 10.7. The molecule has 0 rings (SSSR count). The Morgan fingerprint density at radius 3 is 1.74 bits per heavy atom. The van der Waals surface area contributed by atoms with Crippen molar-refractivity contribution in [2.45, 2.75) is 123 Å². The molecule has 0 spiro atoms. The zero-order chi connectivity index (χ0) is 17.3. The quantitative estimate of drug-likeness (QED) is 0.325. The summed E-state index contributed by atoms with van der Waals surface area (Å²) in [6, 6.07) is 0.947. The van der Waals surface area contributed by atoms with E-state index in [1.807, 2.05) is 0 Å². The molecule has 0 aromatic heterocycles. The Morgan fingerprint density at radius 1 is 0.696 bits per heavy atom. The van der Waals surface area contributed by atoms with Crippen molar-refractivity contribution in [3.05, 3.63) is 0 Å². The molecule has 0 amide bonds. The van der Waals surface area contributed by atoms with Crippen LogP contribution in [0.4, 0.5) is 0 Å². The van der Waals surface area contributed by atoms with Crippen LogP contribution < -0.4 is 5.73 Å². The van der Waals surface area contributed by atoms with Gasteiger partial charge in [0.1, 0.15) is 0 Å². The summed E-state index contributed by atoms with van der Waals surface area (Å²) in [7, 11) is 0. The van der Waals surface area contributed by atoms with Crippen LogP contribution in [-0.2, 0) is 0 Å². The highest BCUT2D eigenvalue weighted by Crippen LogP contribution is 2.17. The monoisotopic (exact) mass is 326 g/mol. The van der Waals surface area contributed by atoms with Crippen LogP contribution in [0.5, 0.6) is 0 Å². The minimum absolute atomic E-state index is 0.348. The molecule has 140 valence electrons. The second kappa shape index (κ2) is 16.8. The lowest BCUT2D eigenvalue weighted by molar-refractivity contribution is 0.160. The topological polar surface area (TPSA) is 29.3 Å². The molecule has 2 heteroatoms. The molecule has 2 N–H and O–H groups in total. The van der Waals surface area contributed by atoms with Crippen LogP contribution in [0.3, 0.4) is 0 Å². The van der Waals surface area contributed by atoms with Crippen LogP contribution in [0.1, 0.15) is 111 Å². The Kier molecular flexibility index (Phi) is 16.7. The summed E-state index contributed by atoms with van der Waals surface area (Å²) >= 11 is 0. The second-order valence-electron chi connectivity index (χ2n) is 7.24. The average Bonchev–Trinajstić information content (AvgIpc) is 2.58. The maximum atomic E-state index is 6.45. The zero-order valence-electron chi connectivity index (χ0n) is 16.8. The molecular formula is C21H46N2. The highest BCUT2D eigenvalue weighted by Gasteiger charge is 2.21. The maximum absolute atomic E-state index is 6.45. The molecule has 2 unspecified atom stereocenters. The van der Waals surface area contributed by atoms with Gasteiger partial charge in [-0.3, -0.25) is 4.90 Å². The van der Waals surface area contributed by atoms with Gasteiger partial charge in [0.15, 0.2) is 0 Å². The van der Waals surface area contributed by atoms with Crippen molar-refractivity contribution in [1.29, 1.82) is 0 Å². The van der Waals surface area contributed by atoms with E-state index in [1.165, 1.54) is 83.6 Å². The lowest BCUT2D eigenvalue weighted by atomic mass is 9.97. The van der Waals surface area contributed by atoms with Gasteiger partial charge in [-0.05, 0) is 32.4 Å². The summed E-state index contributed by atoms with van der Waals surface area (Å²) in [5, 5.41) is 0. The fourth-order valence-corrected chi connectivity index (χ4v) is 3.55. The lowest BCUT2D eigenvalue weighted by Gasteiger charge is -2.35. The highest BCUT2D eigenvalue weighted by atomic mass is 15.2. The molecule has 0 saturated carbocycles. The van der Waals surface area contributed by atoms with E-state index in [-0.39, 0.29) is 0 Å². The molecule has 0 aliphatic heterocycles. The van der Waals surface area contributed by atoms with Crippen molar-refractivity contribution in [1.82, 2.24) is 4.90 Å². The first-order chi connectivity index (χ1) is 11.2. The molecular weight excluding hydrogens is 280 g/mol. The third-order valence-corrected chi connectivity index (χ3v) is 5.24. The highest BCUT2D eigenvalue weighted by molar-refractivity contribution is 4.81. The van der Waals surface area contributed by atoms with E-state index in [0.717, 1.165) is 13.0 Å². The van der Waals surface area contributed by atoms with Gasteiger partial charge in [-0.2, -0.15) is 0 Å². The molecule has 0 aliphatic rings. The smallest absolute Gasteiger partial charge is 0.0246 e. The second-order valence-corrected chi connectivity index (χ2v) is 7.24. The molecule has 0 aromatic carbocycles. The molecule has 0 saturated heterocycles. The molecule has 2 nitrogen and oxygen atoms in total. The molecule has 0 radical (unpaired) electrons.